The van der Waals surface area contributed by atoms with Gasteiger partial charge in [0.1, 0.15) is 5.82 Å². The van der Waals surface area contributed by atoms with E-state index in [0.29, 0.717) is 24.5 Å². The Morgan fingerprint density at radius 2 is 1.93 bits per heavy atom. The molecule has 1 amide bonds. The van der Waals surface area contributed by atoms with Crippen LogP contribution in [-0.2, 0) is 14.8 Å². The predicted octanol–water partition coefficient (Wildman–Crippen LogP) is 1.42. The summed E-state index contributed by atoms with van der Waals surface area (Å²) in [5.41, 5.74) is 0.799. The molecule has 0 radical (unpaired) electrons. The number of nitrogens with zero attached hydrogens (tertiary/aromatic N) is 3. The second kappa shape index (κ2) is 8.03. The average Bonchev–Trinajstić information content (AvgIpc) is 2.69. The first kappa shape index (κ1) is 19.3. The molecule has 0 saturated carbocycles. The minimum absolute atomic E-state index is 0.117. The molecule has 1 aliphatic rings. The van der Waals surface area contributed by atoms with E-state index in [-0.39, 0.29) is 10.8 Å². The van der Waals surface area contributed by atoms with Crippen LogP contribution in [0, 0.1) is 0 Å². The molecule has 0 aliphatic carbocycles. The number of amides is 1. The van der Waals surface area contributed by atoms with E-state index in [2.05, 4.69) is 15.2 Å². The van der Waals surface area contributed by atoms with Crippen molar-refractivity contribution >= 4 is 27.4 Å². The highest BCUT2D eigenvalue weighted by Gasteiger charge is 2.18. The van der Waals surface area contributed by atoms with E-state index in [4.69, 9.17) is 4.74 Å². The van der Waals surface area contributed by atoms with Crippen molar-refractivity contribution in [3.63, 3.8) is 0 Å². The zero-order valence-electron chi connectivity index (χ0n) is 15.3. The lowest BCUT2D eigenvalue weighted by atomic mass is 10.2. The normalized spacial score (nSPS) is 15.0. The molecule has 0 spiro atoms. The highest BCUT2D eigenvalue weighted by molar-refractivity contribution is 7.89. The molecule has 8 nitrogen and oxygen atoms in total. The second-order valence-electron chi connectivity index (χ2n) is 6.27. The molecule has 1 fully saturated rings. The van der Waals surface area contributed by atoms with Crippen molar-refractivity contribution in [2.75, 3.05) is 50.6 Å². The molecule has 144 valence electrons. The van der Waals surface area contributed by atoms with Gasteiger partial charge in [-0.25, -0.2) is 17.7 Å². The van der Waals surface area contributed by atoms with Gasteiger partial charge < -0.3 is 15.0 Å². The summed E-state index contributed by atoms with van der Waals surface area (Å²) in [6.45, 7) is 2.86. The molecule has 9 heteroatoms. The van der Waals surface area contributed by atoms with Crippen LogP contribution in [0.15, 0.2) is 47.5 Å². The summed E-state index contributed by atoms with van der Waals surface area (Å²) >= 11 is 0. The predicted molar refractivity (Wildman–Crippen MR) is 103 cm³/mol. The first-order chi connectivity index (χ1) is 12.9. The second-order valence-corrected chi connectivity index (χ2v) is 8.43. The van der Waals surface area contributed by atoms with Crippen LogP contribution in [0.1, 0.15) is 10.4 Å². The number of aromatic nitrogens is 1. The third-order valence-electron chi connectivity index (χ3n) is 4.22. The number of nitrogens with one attached hydrogen (secondary N) is 1. The molecule has 1 aliphatic heterocycles. The highest BCUT2D eigenvalue weighted by Crippen LogP contribution is 2.19. The smallest absolute Gasteiger partial charge is 0.257 e. The van der Waals surface area contributed by atoms with Crippen molar-refractivity contribution in [1.82, 2.24) is 9.29 Å². The quantitative estimate of drug-likeness (QED) is 0.830. The Hall–Kier alpha value is -2.49. The number of hydrogen-bond donors (Lipinski definition) is 1. The van der Waals surface area contributed by atoms with E-state index in [9.17, 15) is 13.2 Å². The number of anilines is 2. The lowest BCUT2D eigenvalue weighted by Crippen LogP contribution is -2.36. The Morgan fingerprint density at radius 3 is 2.56 bits per heavy atom. The maximum Gasteiger partial charge on any atom is 0.257 e. The van der Waals surface area contributed by atoms with Gasteiger partial charge in [-0.2, -0.15) is 0 Å². The van der Waals surface area contributed by atoms with Gasteiger partial charge in [0.2, 0.25) is 10.0 Å². The number of rotatable bonds is 5. The van der Waals surface area contributed by atoms with Crippen LogP contribution in [0.25, 0.3) is 0 Å². The van der Waals surface area contributed by atoms with Gasteiger partial charge in [-0.15, -0.1) is 0 Å². The van der Waals surface area contributed by atoms with Crippen molar-refractivity contribution in [2.45, 2.75) is 4.90 Å². The Kier molecular flexibility index (Phi) is 5.73. The van der Waals surface area contributed by atoms with Crippen molar-refractivity contribution < 1.29 is 17.9 Å². The van der Waals surface area contributed by atoms with Gasteiger partial charge >= 0.3 is 0 Å². The summed E-state index contributed by atoms with van der Waals surface area (Å²) in [6, 6.07) is 9.65. The third kappa shape index (κ3) is 4.44. The fourth-order valence-electron chi connectivity index (χ4n) is 2.65. The van der Waals surface area contributed by atoms with Crippen molar-refractivity contribution in [1.29, 1.82) is 0 Å². The number of carbonyl (C=O) groups excluding carboxylic acids is 1. The summed E-state index contributed by atoms with van der Waals surface area (Å²) in [5.74, 6) is 0.448. The molecular formula is C18H22N4O4S. The lowest BCUT2D eigenvalue weighted by molar-refractivity contribution is 0.102. The summed E-state index contributed by atoms with van der Waals surface area (Å²) in [6.07, 6.45) is 1.51. The number of carbonyl (C=O) groups is 1. The van der Waals surface area contributed by atoms with Crippen LogP contribution in [0.4, 0.5) is 11.5 Å². The zero-order valence-corrected chi connectivity index (χ0v) is 16.1. The molecule has 0 unspecified atom stereocenters. The Labute approximate surface area is 158 Å². The topological polar surface area (TPSA) is 91.8 Å². The first-order valence-corrected chi connectivity index (χ1v) is 9.94. The van der Waals surface area contributed by atoms with E-state index >= 15 is 0 Å². The molecule has 3 rings (SSSR count). The van der Waals surface area contributed by atoms with E-state index < -0.39 is 10.0 Å². The molecule has 1 aromatic carbocycles. The van der Waals surface area contributed by atoms with Crippen LogP contribution >= 0.6 is 0 Å². The average molecular weight is 390 g/mol. The fraction of sp³-hybridized carbons (Fsp3) is 0.333. The molecule has 1 N–H and O–H groups in total. The molecule has 27 heavy (non-hydrogen) atoms. The zero-order chi connectivity index (χ0) is 19.4. The van der Waals surface area contributed by atoms with Crippen molar-refractivity contribution in [3.05, 3.63) is 48.2 Å². The molecular weight excluding hydrogens is 368 g/mol. The SMILES string of the molecule is CN(C)S(=O)(=O)c1cccc(NC(=O)c2ccc(N3CCOCC3)nc2)c1. The van der Waals surface area contributed by atoms with Gasteiger partial charge in [0.05, 0.1) is 23.7 Å². The summed E-state index contributed by atoms with van der Waals surface area (Å²) < 4.78 is 30.9. The largest absolute Gasteiger partial charge is 0.378 e. The molecule has 0 atom stereocenters. The molecule has 1 aromatic heterocycles. The van der Waals surface area contributed by atoms with Crippen LogP contribution in [0.3, 0.4) is 0 Å². The fourth-order valence-corrected chi connectivity index (χ4v) is 3.60. The van der Waals surface area contributed by atoms with E-state index in [1.807, 2.05) is 0 Å². The van der Waals surface area contributed by atoms with Gasteiger partial charge in [-0.3, -0.25) is 4.79 Å². The van der Waals surface area contributed by atoms with Gasteiger partial charge in [0.15, 0.2) is 0 Å². The van der Waals surface area contributed by atoms with Crippen LogP contribution in [-0.4, -0.2) is 64.0 Å². The standard InChI is InChI=1S/C18H22N4O4S/c1-21(2)27(24,25)16-5-3-4-15(12-16)20-18(23)14-6-7-17(19-13-14)22-8-10-26-11-9-22/h3-7,12-13H,8-11H2,1-2H3,(H,20,23). The Balaban J connectivity index is 1.72. The molecule has 2 heterocycles. The number of benzene rings is 1. The number of pyridine rings is 1. The monoisotopic (exact) mass is 390 g/mol. The highest BCUT2D eigenvalue weighted by atomic mass is 32.2. The Morgan fingerprint density at radius 1 is 1.19 bits per heavy atom. The number of sulfonamides is 1. The number of hydrogen-bond acceptors (Lipinski definition) is 6. The number of ether oxygens (including phenoxy) is 1. The lowest BCUT2D eigenvalue weighted by Gasteiger charge is -2.27. The maximum absolute atomic E-state index is 12.5. The van der Waals surface area contributed by atoms with Crippen molar-refractivity contribution in [3.8, 4) is 0 Å². The number of morpholine rings is 1. The minimum atomic E-state index is -3.56. The molecule has 0 bridgehead atoms. The van der Waals surface area contributed by atoms with E-state index in [0.717, 1.165) is 23.2 Å². The van der Waals surface area contributed by atoms with Crippen molar-refractivity contribution in [2.24, 2.45) is 0 Å². The first-order valence-electron chi connectivity index (χ1n) is 8.50. The van der Waals surface area contributed by atoms with Crippen LogP contribution < -0.4 is 10.2 Å². The molecule has 2 aromatic rings. The van der Waals surface area contributed by atoms with E-state index in [1.54, 1.807) is 24.3 Å². The minimum Gasteiger partial charge on any atom is -0.378 e. The molecule has 1 saturated heterocycles. The summed E-state index contributed by atoms with van der Waals surface area (Å²) in [7, 11) is -0.643. The van der Waals surface area contributed by atoms with Crippen LogP contribution in [0.2, 0.25) is 0 Å². The summed E-state index contributed by atoms with van der Waals surface area (Å²) in [4.78, 5) is 19.0. The van der Waals surface area contributed by atoms with Gasteiger partial charge in [0.25, 0.3) is 5.91 Å². The maximum atomic E-state index is 12.5. The Bertz CT molecular complexity index is 907. The third-order valence-corrected chi connectivity index (χ3v) is 6.03. The van der Waals surface area contributed by atoms with E-state index in [1.165, 1.54) is 32.4 Å². The van der Waals surface area contributed by atoms with Gasteiger partial charge in [0, 0.05) is 39.1 Å². The van der Waals surface area contributed by atoms with Gasteiger partial charge in [-0.05, 0) is 30.3 Å². The van der Waals surface area contributed by atoms with Crippen LogP contribution in [0.5, 0.6) is 0 Å². The van der Waals surface area contributed by atoms with Gasteiger partial charge in [-0.1, -0.05) is 6.07 Å². The summed E-state index contributed by atoms with van der Waals surface area (Å²) in [5, 5.41) is 2.71.